The van der Waals surface area contributed by atoms with Crippen LogP contribution < -0.4 is 5.32 Å². The van der Waals surface area contributed by atoms with Gasteiger partial charge in [-0.2, -0.15) is 0 Å². The molecule has 3 atom stereocenters. The summed E-state index contributed by atoms with van der Waals surface area (Å²) in [5.41, 5.74) is -0.506. The van der Waals surface area contributed by atoms with Gasteiger partial charge in [-0.1, -0.05) is 6.42 Å². The molecule has 0 aliphatic carbocycles. The first-order valence-electron chi connectivity index (χ1n) is 12.4. The second-order valence-corrected chi connectivity index (χ2v) is 10.6. The number of nitrogens with one attached hydrogen (secondary N) is 1. The maximum Gasteiger partial charge on any atom is 0.407 e. The fourth-order valence-corrected chi connectivity index (χ4v) is 5.10. The number of nitrogens with zero attached hydrogens (tertiary/aromatic N) is 2. The van der Waals surface area contributed by atoms with Gasteiger partial charge in [0.05, 0.1) is 12.1 Å². The molecule has 0 saturated carbocycles. The second-order valence-electron chi connectivity index (χ2n) is 10.6. The standard InChI is InChI=1S/C24H43N3O5/c1-24(2,3)32-23(29)25-19-11-15-26(17-21(19)30-4)12-7-5-6-8-22(28)31-20-16-27-13-9-18(20)10-14-27/h18-21H,5-17H2,1-4H3,(H,25,29)/t19-,20+,21?/m1/s1. The Labute approximate surface area is 193 Å². The van der Waals surface area contributed by atoms with Gasteiger partial charge in [-0.3, -0.25) is 9.69 Å². The van der Waals surface area contributed by atoms with Crippen molar-refractivity contribution in [1.29, 1.82) is 0 Å². The Balaban J connectivity index is 1.27. The van der Waals surface area contributed by atoms with Gasteiger partial charge in [0.15, 0.2) is 0 Å². The smallest absolute Gasteiger partial charge is 0.407 e. The highest BCUT2D eigenvalue weighted by Gasteiger charge is 2.36. The van der Waals surface area contributed by atoms with Crippen LogP contribution in [0.15, 0.2) is 0 Å². The SMILES string of the molecule is COC1CN(CCCCCC(=O)O[C@H]2CN3CCC2CC3)CC[C@H]1NC(=O)OC(C)(C)C. The summed E-state index contributed by atoms with van der Waals surface area (Å²) in [6, 6.07) is -0.0350. The second kappa shape index (κ2) is 11.7. The summed E-state index contributed by atoms with van der Waals surface area (Å²) in [7, 11) is 1.69. The van der Waals surface area contributed by atoms with E-state index in [1.807, 2.05) is 20.8 Å². The number of carbonyl (C=O) groups is 2. The summed E-state index contributed by atoms with van der Waals surface area (Å²) in [5.74, 6) is 0.544. The molecule has 0 spiro atoms. The summed E-state index contributed by atoms with van der Waals surface area (Å²) in [6.45, 7) is 11.5. The molecule has 4 saturated heterocycles. The zero-order valence-corrected chi connectivity index (χ0v) is 20.4. The van der Waals surface area contributed by atoms with Gasteiger partial charge in [-0.05, 0) is 78.4 Å². The molecule has 4 fully saturated rings. The molecule has 4 aliphatic heterocycles. The maximum absolute atomic E-state index is 12.2. The first-order valence-corrected chi connectivity index (χ1v) is 12.4. The van der Waals surface area contributed by atoms with E-state index in [1.54, 1.807) is 7.11 Å². The number of methoxy groups -OCH3 is 1. The topological polar surface area (TPSA) is 80.3 Å². The van der Waals surface area contributed by atoms with Gasteiger partial charge >= 0.3 is 12.1 Å². The highest BCUT2D eigenvalue weighted by Crippen LogP contribution is 2.29. The van der Waals surface area contributed by atoms with Crippen molar-refractivity contribution in [2.24, 2.45) is 5.92 Å². The van der Waals surface area contributed by atoms with Crippen LogP contribution in [0.2, 0.25) is 0 Å². The predicted octanol–water partition coefficient (Wildman–Crippen LogP) is 2.80. The minimum absolute atomic E-state index is 0.0303. The lowest BCUT2D eigenvalue weighted by Gasteiger charge is -2.43. The van der Waals surface area contributed by atoms with E-state index < -0.39 is 5.60 Å². The van der Waals surface area contributed by atoms with E-state index in [2.05, 4.69) is 15.1 Å². The first kappa shape index (κ1) is 25.2. The highest BCUT2D eigenvalue weighted by molar-refractivity contribution is 5.69. The van der Waals surface area contributed by atoms with Gasteiger partial charge in [0.1, 0.15) is 11.7 Å². The molecular formula is C24H43N3O5. The van der Waals surface area contributed by atoms with Crippen molar-refractivity contribution in [2.75, 3.05) is 46.4 Å². The molecule has 1 amide bonds. The molecule has 2 bridgehead atoms. The number of esters is 1. The van der Waals surface area contributed by atoms with Crippen LogP contribution in [0, 0.1) is 5.92 Å². The Morgan fingerprint density at radius 2 is 1.72 bits per heavy atom. The summed E-state index contributed by atoms with van der Waals surface area (Å²) in [6.07, 6.45) is 6.33. The minimum atomic E-state index is -0.506. The van der Waals surface area contributed by atoms with Crippen molar-refractivity contribution in [2.45, 2.75) is 89.6 Å². The first-order chi connectivity index (χ1) is 15.2. The van der Waals surface area contributed by atoms with Crippen LogP contribution in [-0.4, -0.2) is 92.1 Å². The fraction of sp³-hybridized carbons (Fsp3) is 0.917. The average molecular weight is 454 g/mol. The number of likely N-dealkylation sites (tertiary alicyclic amines) is 1. The molecule has 0 aromatic heterocycles. The molecule has 8 nitrogen and oxygen atoms in total. The van der Waals surface area contributed by atoms with Crippen molar-refractivity contribution < 1.29 is 23.8 Å². The predicted molar refractivity (Wildman–Crippen MR) is 123 cm³/mol. The third-order valence-electron chi connectivity index (χ3n) is 6.88. The number of amides is 1. The van der Waals surface area contributed by atoms with Crippen molar-refractivity contribution in [3.63, 3.8) is 0 Å². The Morgan fingerprint density at radius 1 is 0.969 bits per heavy atom. The van der Waals surface area contributed by atoms with Crippen LogP contribution in [-0.2, 0) is 19.0 Å². The van der Waals surface area contributed by atoms with Crippen molar-refractivity contribution in [3.05, 3.63) is 0 Å². The lowest BCUT2D eigenvalue weighted by Crippen LogP contribution is -2.55. The quantitative estimate of drug-likeness (QED) is 0.425. The number of hydrogen-bond acceptors (Lipinski definition) is 7. The summed E-state index contributed by atoms with van der Waals surface area (Å²) in [4.78, 5) is 29.1. The molecule has 4 heterocycles. The summed E-state index contributed by atoms with van der Waals surface area (Å²) < 4.78 is 16.8. The Kier molecular flexibility index (Phi) is 9.20. The Morgan fingerprint density at radius 3 is 2.34 bits per heavy atom. The molecule has 4 aliphatic rings. The summed E-state index contributed by atoms with van der Waals surface area (Å²) in [5, 5.41) is 2.96. The Hall–Kier alpha value is -1.38. The van der Waals surface area contributed by atoms with Crippen LogP contribution >= 0.6 is 0 Å². The third kappa shape index (κ3) is 7.89. The van der Waals surface area contributed by atoms with E-state index >= 15 is 0 Å². The van der Waals surface area contributed by atoms with Crippen LogP contribution in [0.25, 0.3) is 0 Å². The molecule has 32 heavy (non-hydrogen) atoms. The van der Waals surface area contributed by atoms with Crippen molar-refractivity contribution in [1.82, 2.24) is 15.1 Å². The van der Waals surface area contributed by atoms with Crippen LogP contribution in [0.4, 0.5) is 4.79 Å². The fourth-order valence-electron chi connectivity index (χ4n) is 5.10. The molecule has 0 aromatic carbocycles. The lowest BCUT2D eigenvalue weighted by atomic mass is 9.86. The van der Waals surface area contributed by atoms with Gasteiger partial charge in [0.2, 0.25) is 0 Å². The zero-order valence-electron chi connectivity index (χ0n) is 20.4. The summed E-state index contributed by atoms with van der Waals surface area (Å²) >= 11 is 0. The number of fused-ring (bicyclic) bond motifs is 3. The normalized spacial score (nSPS) is 30.7. The van der Waals surface area contributed by atoms with Gasteiger partial charge in [0, 0.05) is 33.2 Å². The molecule has 4 rings (SSSR count). The van der Waals surface area contributed by atoms with Gasteiger partial charge < -0.3 is 24.4 Å². The van der Waals surface area contributed by atoms with Crippen LogP contribution in [0.5, 0.6) is 0 Å². The van der Waals surface area contributed by atoms with Crippen molar-refractivity contribution >= 4 is 12.1 Å². The Bertz CT molecular complexity index is 615. The van der Waals surface area contributed by atoms with Gasteiger partial charge in [-0.15, -0.1) is 0 Å². The van der Waals surface area contributed by atoms with Gasteiger partial charge in [-0.25, -0.2) is 4.79 Å². The lowest BCUT2D eigenvalue weighted by molar-refractivity contribution is -0.158. The number of piperidine rings is 4. The van der Waals surface area contributed by atoms with E-state index in [0.717, 1.165) is 65.0 Å². The molecular weight excluding hydrogens is 410 g/mol. The number of ether oxygens (including phenoxy) is 3. The molecule has 0 aromatic rings. The van der Waals surface area contributed by atoms with E-state index in [-0.39, 0.29) is 30.3 Å². The number of alkyl carbamates (subject to hydrolysis) is 1. The van der Waals surface area contributed by atoms with Crippen LogP contribution in [0.1, 0.15) is 65.7 Å². The number of carbonyl (C=O) groups excluding carboxylic acids is 2. The zero-order chi connectivity index (χ0) is 23.1. The number of rotatable bonds is 9. The molecule has 1 N–H and O–H groups in total. The van der Waals surface area contributed by atoms with Gasteiger partial charge in [0.25, 0.3) is 0 Å². The van der Waals surface area contributed by atoms with E-state index in [0.29, 0.717) is 12.3 Å². The molecule has 8 heteroatoms. The number of hydrogen-bond donors (Lipinski definition) is 1. The average Bonchev–Trinajstić information content (AvgIpc) is 2.74. The molecule has 1 unspecified atom stereocenters. The van der Waals surface area contributed by atoms with E-state index in [1.165, 1.54) is 12.8 Å². The molecule has 0 radical (unpaired) electrons. The third-order valence-corrected chi connectivity index (χ3v) is 6.88. The van der Waals surface area contributed by atoms with Crippen molar-refractivity contribution in [3.8, 4) is 0 Å². The number of unbranched alkanes of at least 4 members (excludes halogenated alkanes) is 2. The van der Waals surface area contributed by atoms with E-state index in [4.69, 9.17) is 14.2 Å². The van der Waals surface area contributed by atoms with Crippen LogP contribution in [0.3, 0.4) is 0 Å². The molecule has 184 valence electrons. The monoisotopic (exact) mass is 453 g/mol. The minimum Gasteiger partial charge on any atom is -0.461 e. The van der Waals surface area contributed by atoms with E-state index in [9.17, 15) is 9.59 Å². The largest absolute Gasteiger partial charge is 0.461 e. The highest BCUT2D eigenvalue weighted by atomic mass is 16.6. The maximum atomic E-state index is 12.2.